The van der Waals surface area contributed by atoms with Crippen LogP contribution in [0.25, 0.3) is 0 Å². The smallest absolute Gasteiger partial charge is 0.197 e. The predicted molar refractivity (Wildman–Crippen MR) is 53.6 cm³/mol. The molecule has 0 bridgehead atoms. The second-order valence-corrected chi connectivity index (χ2v) is 3.36. The summed E-state index contributed by atoms with van der Waals surface area (Å²) in [5.41, 5.74) is 2.29. The Balaban J connectivity index is 2.77. The van der Waals surface area contributed by atoms with Crippen molar-refractivity contribution in [1.29, 1.82) is 0 Å². The van der Waals surface area contributed by atoms with Crippen LogP contribution in [0.1, 0.15) is 33.2 Å². The summed E-state index contributed by atoms with van der Waals surface area (Å²) in [7, 11) is 0. The maximum absolute atomic E-state index is 11.8. The third-order valence-corrected chi connectivity index (χ3v) is 2.52. The Labute approximate surface area is 82.2 Å². The second-order valence-electron chi connectivity index (χ2n) is 3.36. The maximum atomic E-state index is 11.8. The van der Waals surface area contributed by atoms with Crippen LogP contribution in [0.4, 0.5) is 0 Å². The molecule has 0 saturated carbocycles. The van der Waals surface area contributed by atoms with Gasteiger partial charge in [0.25, 0.3) is 0 Å². The fourth-order valence-corrected chi connectivity index (χ4v) is 1.80. The van der Waals surface area contributed by atoms with Crippen molar-refractivity contribution >= 4 is 11.6 Å². The van der Waals surface area contributed by atoms with Gasteiger partial charge in [0.2, 0.25) is 0 Å². The molecule has 0 N–H and O–H groups in total. The lowest BCUT2D eigenvalue weighted by atomic mass is 10.0. The molecular weight excluding hydrogens is 176 g/mol. The van der Waals surface area contributed by atoms with E-state index in [1.165, 1.54) is 0 Å². The normalized spacial score (nSPS) is 17.7. The summed E-state index contributed by atoms with van der Waals surface area (Å²) in [4.78, 5) is 23.5. The number of hydrogen-bond acceptors (Lipinski definition) is 2. The number of Topliss-reactive ketones (excluding diaryl/α,β-unsaturated/α-hetero) is 2. The first-order valence-electron chi connectivity index (χ1n) is 4.52. The molecule has 2 rings (SSSR count). The molecule has 14 heavy (non-hydrogen) atoms. The van der Waals surface area contributed by atoms with Crippen LogP contribution in [0, 0.1) is 6.92 Å². The van der Waals surface area contributed by atoms with Gasteiger partial charge in [0, 0.05) is 11.1 Å². The van der Waals surface area contributed by atoms with E-state index in [0.29, 0.717) is 16.7 Å². The highest BCUT2D eigenvalue weighted by molar-refractivity contribution is 6.39. The number of aryl methyl sites for hydroxylation is 1. The van der Waals surface area contributed by atoms with Crippen LogP contribution in [-0.2, 0) is 0 Å². The number of rotatable bonds is 0. The van der Waals surface area contributed by atoms with E-state index in [0.717, 1.165) is 5.56 Å². The molecule has 1 aromatic rings. The molecule has 1 aliphatic carbocycles. The van der Waals surface area contributed by atoms with Gasteiger partial charge in [-0.25, -0.2) is 0 Å². The summed E-state index contributed by atoms with van der Waals surface area (Å²) < 4.78 is 0. The summed E-state index contributed by atoms with van der Waals surface area (Å²) in [6.45, 7) is 3.56. The zero-order chi connectivity index (χ0) is 10.3. The molecule has 0 spiro atoms. The highest BCUT2D eigenvalue weighted by Crippen LogP contribution is 2.28. The Hall–Kier alpha value is -1.70. The first-order chi connectivity index (χ1) is 6.66. The molecule has 0 amide bonds. The van der Waals surface area contributed by atoms with E-state index in [9.17, 15) is 9.59 Å². The molecular formula is C12H10O2. The van der Waals surface area contributed by atoms with Crippen molar-refractivity contribution in [3.05, 3.63) is 46.5 Å². The van der Waals surface area contributed by atoms with Crippen LogP contribution < -0.4 is 0 Å². The minimum absolute atomic E-state index is 0.134. The van der Waals surface area contributed by atoms with Crippen molar-refractivity contribution in [3.63, 3.8) is 0 Å². The van der Waals surface area contributed by atoms with Crippen LogP contribution in [0.3, 0.4) is 0 Å². The third-order valence-electron chi connectivity index (χ3n) is 2.52. The molecule has 70 valence electrons. The zero-order valence-corrected chi connectivity index (χ0v) is 8.13. The summed E-state index contributed by atoms with van der Waals surface area (Å²) in [6.07, 6.45) is 1.59. The van der Waals surface area contributed by atoms with E-state index in [2.05, 4.69) is 0 Å². The van der Waals surface area contributed by atoms with Crippen molar-refractivity contribution in [2.75, 3.05) is 0 Å². The lowest BCUT2D eigenvalue weighted by Gasteiger charge is -1.98. The van der Waals surface area contributed by atoms with Crippen molar-refractivity contribution in [2.45, 2.75) is 13.8 Å². The van der Waals surface area contributed by atoms with Gasteiger partial charge in [0.1, 0.15) is 0 Å². The molecule has 0 atom stereocenters. The molecule has 0 fully saturated rings. The van der Waals surface area contributed by atoms with E-state index in [1.807, 2.05) is 13.0 Å². The molecule has 0 heterocycles. The maximum Gasteiger partial charge on any atom is 0.197 e. The summed E-state index contributed by atoms with van der Waals surface area (Å²) in [5, 5.41) is 0. The zero-order valence-electron chi connectivity index (χ0n) is 8.13. The fraction of sp³-hybridized carbons (Fsp3) is 0.167. The SMILES string of the molecule is C/C=C1/C(=O)c2cccc(C)c2C1=O. The van der Waals surface area contributed by atoms with E-state index in [-0.39, 0.29) is 11.6 Å². The van der Waals surface area contributed by atoms with Gasteiger partial charge in [0.15, 0.2) is 11.6 Å². The second kappa shape index (κ2) is 2.91. The van der Waals surface area contributed by atoms with Crippen LogP contribution in [0.15, 0.2) is 29.8 Å². The lowest BCUT2D eigenvalue weighted by molar-refractivity contribution is 0.0988. The number of allylic oxidation sites excluding steroid dienone is 2. The van der Waals surface area contributed by atoms with Crippen molar-refractivity contribution in [3.8, 4) is 0 Å². The summed E-state index contributed by atoms with van der Waals surface area (Å²) in [5.74, 6) is -0.276. The Bertz CT molecular complexity index is 467. The molecule has 0 aliphatic heterocycles. The van der Waals surface area contributed by atoms with Crippen LogP contribution >= 0.6 is 0 Å². The fourth-order valence-electron chi connectivity index (χ4n) is 1.80. The standard InChI is InChI=1S/C12H10O2/c1-3-8-11(13)9-6-4-5-7(2)10(9)12(8)14/h3-6H,1-2H3/b8-3-. The highest BCUT2D eigenvalue weighted by Gasteiger charge is 2.33. The van der Waals surface area contributed by atoms with Crippen LogP contribution in [0.5, 0.6) is 0 Å². The largest absolute Gasteiger partial charge is 0.288 e. The molecule has 2 nitrogen and oxygen atoms in total. The third kappa shape index (κ3) is 0.970. The van der Waals surface area contributed by atoms with Crippen molar-refractivity contribution in [2.24, 2.45) is 0 Å². The number of hydrogen-bond donors (Lipinski definition) is 0. The van der Waals surface area contributed by atoms with Gasteiger partial charge in [-0.05, 0) is 19.4 Å². The monoisotopic (exact) mass is 186 g/mol. The number of carbonyl (C=O) groups is 2. The quantitative estimate of drug-likeness (QED) is 0.460. The number of carbonyl (C=O) groups excluding carboxylic acids is 2. The Morgan fingerprint density at radius 1 is 1.14 bits per heavy atom. The Morgan fingerprint density at radius 3 is 2.43 bits per heavy atom. The molecule has 1 aromatic carbocycles. The molecule has 2 heteroatoms. The van der Waals surface area contributed by atoms with Crippen LogP contribution in [-0.4, -0.2) is 11.6 Å². The molecule has 1 aliphatic rings. The van der Waals surface area contributed by atoms with Gasteiger partial charge < -0.3 is 0 Å². The van der Waals surface area contributed by atoms with E-state index in [1.54, 1.807) is 25.1 Å². The summed E-state index contributed by atoms with van der Waals surface area (Å²) in [6, 6.07) is 5.36. The topological polar surface area (TPSA) is 34.1 Å². The van der Waals surface area contributed by atoms with E-state index in [4.69, 9.17) is 0 Å². The van der Waals surface area contributed by atoms with Crippen LogP contribution in [0.2, 0.25) is 0 Å². The first kappa shape index (κ1) is 8.88. The predicted octanol–water partition coefficient (Wildman–Crippen LogP) is 2.32. The molecule has 0 saturated heterocycles. The Morgan fingerprint density at radius 2 is 1.86 bits per heavy atom. The van der Waals surface area contributed by atoms with Gasteiger partial charge in [-0.3, -0.25) is 9.59 Å². The minimum Gasteiger partial charge on any atom is -0.288 e. The lowest BCUT2D eigenvalue weighted by Crippen LogP contribution is -1.99. The first-order valence-corrected chi connectivity index (χ1v) is 4.52. The molecule has 0 aromatic heterocycles. The number of fused-ring (bicyclic) bond motifs is 1. The average Bonchev–Trinajstić information content (AvgIpc) is 2.41. The molecule has 0 radical (unpaired) electrons. The highest BCUT2D eigenvalue weighted by atomic mass is 16.2. The van der Waals surface area contributed by atoms with E-state index >= 15 is 0 Å². The Kier molecular flexibility index (Phi) is 1.84. The minimum atomic E-state index is -0.142. The van der Waals surface area contributed by atoms with Gasteiger partial charge in [-0.1, -0.05) is 24.3 Å². The van der Waals surface area contributed by atoms with E-state index < -0.39 is 0 Å². The van der Waals surface area contributed by atoms with Crippen molar-refractivity contribution in [1.82, 2.24) is 0 Å². The van der Waals surface area contributed by atoms with Gasteiger partial charge in [0.05, 0.1) is 5.57 Å². The average molecular weight is 186 g/mol. The van der Waals surface area contributed by atoms with Gasteiger partial charge in [-0.2, -0.15) is 0 Å². The molecule has 0 unspecified atom stereocenters. The number of benzene rings is 1. The van der Waals surface area contributed by atoms with Gasteiger partial charge >= 0.3 is 0 Å². The van der Waals surface area contributed by atoms with Crippen molar-refractivity contribution < 1.29 is 9.59 Å². The number of ketones is 2. The summed E-state index contributed by atoms with van der Waals surface area (Å²) >= 11 is 0. The van der Waals surface area contributed by atoms with Gasteiger partial charge in [-0.15, -0.1) is 0 Å².